The van der Waals surface area contributed by atoms with E-state index in [4.69, 9.17) is 4.74 Å². The van der Waals surface area contributed by atoms with Crippen molar-refractivity contribution in [3.8, 4) is 22.6 Å². The van der Waals surface area contributed by atoms with Crippen molar-refractivity contribution in [2.24, 2.45) is 0 Å². The van der Waals surface area contributed by atoms with Gasteiger partial charge in [0.05, 0.1) is 13.7 Å². The molecule has 3 rings (SSSR count). The average molecular weight is 313 g/mol. The molecule has 0 saturated heterocycles. The lowest BCUT2D eigenvalue weighted by Gasteiger charge is -2.35. The van der Waals surface area contributed by atoms with Gasteiger partial charge in [0.1, 0.15) is 11.5 Å². The highest BCUT2D eigenvalue weighted by atomic mass is 16.5. The molecule has 23 heavy (non-hydrogen) atoms. The van der Waals surface area contributed by atoms with Gasteiger partial charge in [-0.2, -0.15) is 0 Å². The van der Waals surface area contributed by atoms with Crippen LogP contribution < -0.4 is 10.1 Å². The Bertz CT molecular complexity index is 738. The Balaban J connectivity index is 2.21. The van der Waals surface area contributed by atoms with E-state index in [0.717, 1.165) is 35.4 Å². The third-order valence-electron chi connectivity index (χ3n) is 4.52. The van der Waals surface area contributed by atoms with Crippen LogP contribution in [0.5, 0.6) is 11.5 Å². The van der Waals surface area contributed by atoms with Gasteiger partial charge in [0.25, 0.3) is 0 Å². The van der Waals surface area contributed by atoms with Gasteiger partial charge >= 0.3 is 0 Å². The molecule has 0 amide bonds. The zero-order valence-corrected chi connectivity index (χ0v) is 13.8. The second-order valence-corrected chi connectivity index (χ2v) is 6.69. The number of aliphatic hydroxyl groups is 1. The van der Waals surface area contributed by atoms with Gasteiger partial charge in [0.2, 0.25) is 0 Å². The molecule has 0 atom stereocenters. The monoisotopic (exact) mass is 313 g/mol. The van der Waals surface area contributed by atoms with Crippen LogP contribution in [0.2, 0.25) is 0 Å². The molecule has 0 unspecified atom stereocenters. The fourth-order valence-corrected chi connectivity index (χ4v) is 3.32. The van der Waals surface area contributed by atoms with Gasteiger partial charge in [-0.25, -0.2) is 0 Å². The SMILES string of the molecule is COc1ccc(-c2ccc(O)cc2CO)c2c1CNC(C)(C)C2. The summed E-state index contributed by atoms with van der Waals surface area (Å²) in [4.78, 5) is 0. The van der Waals surface area contributed by atoms with Crippen molar-refractivity contribution in [3.63, 3.8) is 0 Å². The van der Waals surface area contributed by atoms with Crippen molar-refractivity contribution in [1.29, 1.82) is 0 Å². The molecule has 0 aromatic heterocycles. The Kier molecular flexibility index (Phi) is 4.04. The highest BCUT2D eigenvalue weighted by Crippen LogP contribution is 2.39. The second kappa shape index (κ2) is 5.87. The molecule has 0 saturated carbocycles. The Morgan fingerprint density at radius 3 is 2.57 bits per heavy atom. The molecule has 4 heteroatoms. The summed E-state index contributed by atoms with van der Waals surface area (Å²) in [7, 11) is 1.69. The summed E-state index contributed by atoms with van der Waals surface area (Å²) in [6.45, 7) is 5.02. The zero-order chi connectivity index (χ0) is 16.6. The van der Waals surface area contributed by atoms with Gasteiger partial charge in [0.15, 0.2) is 0 Å². The number of benzene rings is 2. The molecular formula is C19H23NO3. The molecule has 1 aliphatic rings. The maximum Gasteiger partial charge on any atom is 0.123 e. The average Bonchev–Trinajstić information content (AvgIpc) is 2.53. The summed E-state index contributed by atoms with van der Waals surface area (Å²) in [5.41, 5.74) is 5.20. The van der Waals surface area contributed by atoms with E-state index in [1.54, 1.807) is 19.2 Å². The van der Waals surface area contributed by atoms with Crippen molar-refractivity contribution in [2.75, 3.05) is 7.11 Å². The molecule has 0 aliphatic carbocycles. The van der Waals surface area contributed by atoms with Crippen LogP contribution in [0.3, 0.4) is 0 Å². The summed E-state index contributed by atoms with van der Waals surface area (Å²) in [5.74, 6) is 1.05. The quantitative estimate of drug-likeness (QED) is 0.815. The van der Waals surface area contributed by atoms with E-state index in [1.807, 2.05) is 18.2 Å². The summed E-state index contributed by atoms with van der Waals surface area (Å²) in [6.07, 6.45) is 0.876. The Labute approximate surface area is 136 Å². The first-order valence-electron chi connectivity index (χ1n) is 7.82. The Morgan fingerprint density at radius 2 is 1.87 bits per heavy atom. The maximum absolute atomic E-state index is 9.68. The van der Waals surface area contributed by atoms with Crippen LogP contribution in [0.15, 0.2) is 30.3 Å². The minimum Gasteiger partial charge on any atom is -0.508 e. The fourth-order valence-electron chi connectivity index (χ4n) is 3.32. The van der Waals surface area contributed by atoms with E-state index in [9.17, 15) is 10.2 Å². The van der Waals surface area contributed by atoms with Gasteiger partial charge in [-0.15, -0.1) is 0 Å². The molecule has 2 aromatic carbocycles. The molecule has 122 valence electrons. The molecule has 4 nitrogen and oxygen atoms in total. The molecule has 0 fully saturated rings. The predicted molar refractivity (Wildman–Crippen MR) is 90.6 cm³/mol. The number of hydrogen-bond donors (Lipinski definition) is 3. The van der Waals surface area contributed by atoms with E-state index in [-0.39, 0.29) is 17.9 Å². The van der Waals surface area contributed by atoms with Crippen LogP contribution in [-0.4, -0.2) is 22.9 Å². The molecule has 0 spiro atoms. The van der Waals surface area contributed by atoms with Crippen LogP contribution in [0, 0.1) is 0 Å². The van der Waals surface area contributed by atoms with Crippen LogP contribution in [0.4, 0.5) is 0 Å². The lowest BCUT2D eigenvalue weighted by Crippen LogP contribution is -2.44. The maximum atomic E-state index is 9.68. The summed E-state index contributed by atoms with van der Waals surface area (Å²) < 4.78 is 5.52. The number of aromatic hydroxyl groups is 1. The molecule has 2 aromatic rings. The smallest absolute Gasteiger partial charge is 0.123 e. The number of phenolic OH excluding ortho intramolecular Hbond substituents is 1. The minimum absolute atomic E-state index is 0.00438. The van der Waals surface area contributed by atoms with Gasteiger partial charge in [-0.05, 0) is 60.7 Å². The predicted octanol–water partition coefficient (Wildman–Crippen LogP) is 2.98. The first-order valence-corrected chi connectivity index (χ1v) is 7.82. The van der Waals surface area contributed by atoms with E-state index >= 15 is 0 Å². The summed E-state index contributed by atoms with van der Waals surface area (Å²) in [6, 6.07) is 9.18. The number of aliphatic hydroxyl groups excluding tert-OH is 1. The van der Waals surface area contributed by atoms with Crippen molar-refractivity contribution in [3.05, 3.63) is 47.0 Å². The fraction of sp³-hybridized carbons (Fsp3) is 0.368. The van der Waals surface area contributed by atoms with Crippen molar-refractivity contribution >= 4 is 0 Å². The summed E-state index contributed by atoms with van der Waals surface area (Å²) >= 11 is 0. The van der Waals surface area contributed by atoms with E-state index in [2.05, 4.69) is 19.2 Å². The number of nitrogens with one attached hydrogen (secondary N) is 1. The number of ether oxygens (including phenoxy) is 1. The third-order valence-corrected chi connectivity index (χ3v) is 4.52. The van der Waals surface area contributed by atoms with Crippen LogP contribution in [0.1, 0.15) is 30.5 Å². The van der Waals surface area contributed by atoms with E-state index in [0.29, 0.717) is 0 Å². The molecular weight excluding hydrogens is 290 g/mol. The van der Waals surface area contributed by atoms with E-state index in [1.165, 1.54) is 11.1 Å². The van der Waals surface area contributed by atoms with Gasteiger partial charge < -0.3 is 20.3 Å². The topological polar surface area (TPSA) is 61.7 Å². The van der Waals surface area contributed by atoms with Crippen molar-refractivity contribution in [2.45, 2.75) is 39.0 Å². The molecule has 0 radical (unpaired) electrons. The summed E-state index contributed by atoms with van der Waals surface area (Å²) in [5, 5.41) is 22.9. The lowest BCUT2D eigenvalue weighted by atomic mass is 9.82. The number of hydrogen-bond acceptors (Lipinski definition) is 4. The Morgan fingerprint density at radius 1 is 1.13 bits per heavy atom. The number of methoxy groups -OCH3 is 1. The third kappa shape index (κ3) is 2.92. The first kappa shape index (κ1) is 15.8. The zero-order valence-electron chi connectivity index (χ0n) is 13.8. The minimum atomic E-state index is -0.105. The Hall–Kier alpha value is -2.04. The number of phenols is 1. The van der Waals surface area contributed by atoms with Gasteiger partial charge in [0, 0.05) is 17.6 Å². The second-order valence-electron chi connectivity index (χ2n) is 6.69. The molecule has 0 bridgehead atoms. The van der Waals surface area contributed by atoms with Gasteiger partial charge in [-0.3, -0.25) is 0 Å². The standard InChI is InChI=1S/C19H23NO3/c1-19(2)9-16-15(6-7-18(23-3)17(16)10-20-19)14-5-4-13(22)8-12(14)11-21/h4-8,20-22H,9-11H2,1-3H3. The molecule has 1 heterocycles. The van der Waals surface area contributed by atoms with Crippen LogP contribution >= 0.6 is 0 Å². The first-order chi connectivity index (χ1) is 10.9. The number of rotatable bonds is 3. The number of fused-ring (bicyclic) bond motifs is 1. The van der Waals surface area contributed by atoms with E-state index < -0.39 is 0 Å². The van der Waals surface area contributed by atoms with Crippen molar-refractivity contribution < 1.29 is 14.9 Å². The van der Waals surface area contributed by atoms with Gasteiger partial charge in [-0.1, -0.05) is 12.1 Å². The van der Waals surface area contributed by atoms with Crippen LogP contribution in [-0.2, 0) is 19.6 Å². The largest absolute Gasteiger partial charge is 0.508 e. The lowest BCUT2D eigenvalue weighted by molar-refractivity contribution is 0.281. The molecule has 1 aliphatic heterocycles. The molecule has 3 N–H and O–H groups in total. The highest BCUT2D eigenvalue weighted by Gasteiger charge is 2.29. The van der Waals surface area contributed by atoms with Crippen molar-refractivity contribution in [1.82, 2.24) is 5.32 Å². The van der Waals surface area contributed by atoms with Crippen LogP contribution in [0.25, 0.3) is 11.1 Å². The highest BCUT2D eigenvalue weighted by molar-refractivity contribution is 5.74. The normalized spacial score (nSPS) is 16.0.